The van der Waals surface area contributed by atoms with Crippen molar-refractivity contribution in [2.75, 3.05) is 18.6 Å². The molecule has 5 aromatic rings. The highest BCUT2D eigenvalue weighted by Gasteiger charge is 2.14. The maximum absolute atomic E-state index is 6.32. The van der Waals surface area contributed by atoms with E-state index < -0.39 is 0 Å². The van der Waals surface area contributed by atoms with Crippen LogP contribution in [-0.2, 0) is 0 Å². The third-order valence-corrected chi connectivity index (χ3v) is 5.92. The summed E-state index contributed by atoms with van der Waals surface area (Å²) in [6, 6.07) is 33.6. The lowest BCUT2D eigenvalue weighted by atomic mass is 10.1. The smallest absolute Gasteiger partial charge is 0.129 e. The fourth-order valence-electron chi connectivity index (χ4n) is 4.43. The number of ether oxygens (including phenoxy) is 1. The first-order chi connectivity index (χ1) is 15.8. The number of anilines is 1. The van der Waals surface area contributed by atoms with E-state index in [-0.39, 0.29) is 0 Å². The first kappa shape index (κ1) is 18.6. The fourth-order valence-corrected chi connectivity index (χ4v) is 4.43. The first-order valence-electron chi connectivity index (χ1n) is 10.8. The molecule has 0 atom stereocenters. The second kappa shape index (κ2) is 7.50. The second-order valence-electron chi connectivity index (χ2n) is 8.13. The molecule has 0 fully saturated rings. The summed E-state index contributed by atoms with van der Waals surface area (Å²) < 4.78 is 8.63. The van der Waals surface area contributed by atoms with Crippen LogP contribution in [0.15, 0.2) is 109 Å². The molecule has 0 saturated heterocycles. The van der Waals surface area contributed by atoms with Gasteiger partial charge >= 0.3 is 0 Å². The summed E-state index contributed by atoms with van der Waals surface area (Å²) in [5.74, 6) is 1.65. The number of hydrogen-bond acceptors (Lipinski definition) is 3. The second-order valence-corrected chi connectivity index (χ2v) is 8.13. The minimum Gasteiger partial charge on any atom is -0.457 e. The molecule has 32 heavy (non-hydrogen) atoms. The lowest BCUT2D eigenvalue weighted by Gasteiger charge is -2.19. The van der Waals surface area contributed by atoms with Crippen molar-refractivity contribution in [3.8, 4) is 17.2 Å². The van der Waals surface area contributed by atoms with Gasteiger partial charge < -0.3 is 19.1 Å². The summed E-state index contributed by atoms with van der Waals surface area (Å²) >= 11 is 0. The Morgan fingerprint density at radius 1 is 0.625 bits per heavy atom. The summed E-state index contributed by atoms with van der Waals surface area (Å²) in [7, 11) is 2.07. The van der Waals surface area contributed by atoms with Gasteiger partial charge in [0, 0.05) is 53.7 Å². The van der Waals surface area contributed by atoms with E-state index in [1.54, 1.807) is 0 Å². The zero-order chi connectivity index (χ0) is 21.5. The van der Waals surface area contributed by atoms with Crippen LogP contribution in [-0.4, -0.2) is 23.2 Å². The molecule has 2 heterocycles. The van der Waals surface area contributed by atoms with Crippen molar-refractivity contribution < 1.29 is 4.74 Å². The van der Waals surface area contributed by atoms with Crippen molar-refractivity contribution in [2.24, 2.45) is 0 Å². The molecule has 0 spiro atoms. The number of fused-ring (bicyclic) bond motifs is 3. The standard InChI is InChI=1S/C28H23N3O/c1-29-16-17-30(20-29)22-10-7-11-23(18-22)32-24-14-15-26-25-12-5-6-13-27(25)31(28(26)19-24)21-8-3-2-4-9-21/h2-19H,20H2,1H3. The molecule has 0 bridgehead atoms. The number of rotatable bonds is 4. The molecule has 0 N–H and O–H groups in total. The molecule has 4 nitrogen and oxygen atoms in total. The molecular weight excluding hydrogens is 394 g/mol. The van der Waals surface area contributed by atoms with Crippen molar-refractivity contribution in [3.05, 3.63) is 109 Å². The van der Waals surface area contributed by atoms with Crippen LogP contribution < -0.4 is 9.64 Å². The van der Waals surface area contributed by atoms with Crippen molar-refractivity contribution in [1.29, 1.82) is 0 Å². The Labute approximate surface area is 187 Å². The average Bonchev–Trinajstić information content (AvgIpc) is 3.41. The van der Waals surface area contributed by atoms with E-state index in [1.165, 1.54) is 16.3 Å². The van der Waals surface area contributed by atoms with Crippen molar-refractivity contribution in [3.63, 3.8) is 0 Å². The predicted molar refractivity (Wildman–Crippen MR) is 132 cm³/mol. The van der Waals surface area contributed by atoms with Gasteiger partial charge in [-0.2, -0.15) is 0 Å². The highest BCUT2D eigenvalue weighted by Crippen LogP contribution is 2.35. The molecule has 6 rings (SSSR count). The molecular formula is C28H23N3O. The van der Waals surface area contributed by atoms with Crippen molar-refractivity contribution in [1.82, 2.24) is 9.47 Å². The monoisotopic (exact) mass is 417 g/mol. The van der Waals surface area contributed by atoms with Crippen LogP contribution in [0.2, 0.25) is 0 Å². The lowest BCUT2D eigenvalue weighted by Crippen LogP contribution is -2.21. The van der Waals surface area contributed by atoms with E-state index in [4.69, 9.17) is 4.74 Å². The van der Waals surface area contributed by atoms with Crippen molar-refractivity contribution >= 4 is 27.5 Å². The molecule has 4 heteroatoms. The molecule has 0 unspecified atom stereocenters. The molecule has 1 aromatic heterocycles. The Morgan fingerprint density at radius 3 is 2.22 bits per heavy atom. The van der Waals surface area contributed by atoms with Crippen LogP contribution in [0.4, 0.5) is 5.69 Å². The van der Waals surface area contributed by atoms with E-state index in [2.05, 4.69) is 113 Å². The van der Waals surface area contributed by atoms with Gasteiger partial charge in [-0.25, -0.2) is 0 Å². The number of aromatic nitrogens is 1. The van der Waals surface area contributed by atoms with Gasteiger partial charge in [0.15, 0.2) is 0 Å². The SMILES string of the molecule is CN1C=CN(c2cccc(Oc3ccc4c5ccccc5n(-c5ccccc5)c4c3)c2)C1. The maximum atomic E-state index is 6.32. The minimum absolute atomic E-state index is 0.823. The number of nitrogens with zero attached hydrogens (tertiary/aromatic N) is 3. The summed E-state index contributed by atoms with van der Waals surface area (Å²) in [5.41, 5.74) is 4.58. The van der Waals surface area contributed by atoms with Crippen LogP contribution in [0, 0.1) is 0 Å². The van der Waals surface area contributed by atoms with Gasteiger partial charge in [-0.05, 0) is 42.5 Å². The van der Waals surface area contributed by atoms with Gasteiger partial charge in [-0.3, -0.25) is 0 Å². The molecule has 0 saturated carbocycles. The normalized spacial score (nSPS) is 13.4. The number of hydrogen-bond donors (Lipinski definition) is 0. The van der Waals surface area contributed by atoms with E-state index in [0.717, 1.165) is 35.1 Å². The fraction of sp³-hybridized carbons (Fsp3) is 0.0714. The van der Waals surface area contributed by atoms with Crippen LogP contribution in [0.3, 0.4) is 0 Å². The summed E-state index contributed by atoms with van der Waals surface area (Å²) in [6.45, 7) is 0.840. The molecule has 0 aliphatic carbocycles. The topological polar surface area (TPSA) is 20.6 Å². The first-order valence-corrected chi connectivity index (χ1v) is 10.8. The summed E-state index contributed by atoms with van der Waals surface area (Å²) in [4.78, 5) is 4.34. The van der Waals surface area contributed by atoms with Gasteiger partial charge in [0.05, 0.1) is 17.7 Å². The predicted octanol–water partition coefficient (Wildman–Crippen LogP) is 6.76. The van der Waals surface area contributed by atoms with Gasteiger partial charge in [-0.1, -0.05) is 42.5 Å². The maximum Gasteiger partial charge on any atom is 0.129 e. The largest absolute Gasteiger partial charge is 0.457 e. The van der Waals surface area contributed by atoms with E-state index in [9.17, 15) is 0 Å². The highest BCUT2D eigenvalue weighted by molar-refractivity contribution is 6.09. The Balaban J connectivity index is 1.43. The van der Waals surface area contributed by atoms with Gasteiger partial charge in [0.2, 0.25) is 0 Å². The third-order valence-electron chi connectivity index (χ3n) is 5.92. The summed E-state index contributed by atoms with van der Waals surface area (Å²) in [5, 5.41) is 2.46. The van der Waals surface area contributed by atoms with Crippen LogP contribution in [0.5, 0.6) is 11.5 Å². The Bertz CT molecular complexity index is 1450. The minimum atomic E-state index is 0.823. The third kappa shape index (κ3) is 3.17. The lowest BCUT2D eigenvalue weighted by molar-refractivity contribution is 0.481. The molecule has 0 radical (unpaired) electrons. The van der Waals surface area contributed by atoms with Gasteiger partial charge in [-0.15, -0.1) is 0 Å². The molecule has 0 amide bonds. The number of benzene rings is 4. The Hall–Kier alpha value is -4.18. The zero-order valence-electron chi connectivity index (χ0n) is 17.8. The zero-order valence-corrected chi connectivity index (χ0v) is 17.8. The van der Waals surface area contributed by atoms with E-state index in [0.29, 0.717) is 0 Å². The summed E-state index contributed by atoms with van der Waals surface area (Å²) in [6.07, 6.45) is 4.16. The van der Waals surface area contributed by atoms with Crippen molar-refractivity contribution in [2.45, 2.75) is 0 Å². The molecule has 1 aliphatic rings. The number of para-hydroxylation sites is 2. The Morgan fingerprint density at radius 2 is 1.38 bits per heavy atom. The van der Waals surface area contributed by atoms with Crippen LogP contribution in [0.1, 0.15) is 0 Å². The Kier molecular flexibility index (Phi) is 4.36. The van der Waals surface area contributed by atoms with E-state index >= 15 is 0 Å². The highest BCUT2D eigenvalue weighted by atomic mass is 16.5. The molecule has 156 valence electrons. The van der Waals surface area contributed by atoms with Gasteiger partial charge in [0.25, 0.3) is 0 Å². The quantitative estimate of drug-likeness (QED) is 0.322. The van der Waals surface area contributed by atoms with Crippen LogP contribution >= 0.6 is 0 Å². The average molecular weight is 418 g/mol. The molecule has 1 aliphatic heterocycles. The van der Waals surface area contributed by atoms with Gasteiger partial charge in [0.1, 0.15) is 11.5 Å². The van der Waals surface area contributed by atoms with E-state index in [1.807, 2.05) is 18.2 Å². The van der Waals surface area contributed by atoms with Crippen LogP contribution in [0.25, 0.3) is 27.5 Å². The molecule has 4 aromatic carbocycles.